The molecular formula is C33H35N3O5S. The van der Waals surface area contributed by atoms with Gasteiger partial charge in [-0.05, 0) is 50.6 Å². The number of rotatable bonds is 10. The maximum Gasteiger partial charge on any atom is 0.338 e. The van der Waals surface area contributed by atoms with E-state index in [0.717, 1.165) is 28.6 Å². The first-order chi connectivity index (χ1) is 20.4. The summed E-state index contributed by atoms with van der Waals surface area (Å²) >= 11 is 1.32. The van der Waals surface area contributed by atoms with Crippen LogP contribution in [0.2, 0.25) is 0 Å². The van der Waals surface area contributed by atoms with Gasteiger partial charge in [-0.15, -0.1) is 6.58 Å². The van der Waals surface area contributed by atoms with E-state index in [1.165, 1.54) is 11.3 Å². The molecule has 0 spiro atoms. The van der Waals surface area contributed by atoms with Gasteiger partial charge in [-0.2, -0.15) is 0 Å². The maximum atomic E-state index is 14.3. The monoisotopic (exact) mass is 585 g/mol. The van der Waals surface area contributed by atoms with Gasteiger partial charge < -0.3 is 18.8 Å². The van der Waals surface area contributed by atoms with Crippen LogP contribution in [0.3, 0.4) is 0 Å². The fourth-order valence-electron chi connectivity index (χ4n) is 5.60. The lowest BCUT2D eigenvalue weighted by Gasteiger charge is -2.27. The van der Waals surface area contributed by atoms with Gasteiger partial charge in [0.25, 0.3) is 5.56 Å². The average Bonchev–Trinajstić information content (AvgIpc) is 3.45. The van der Waals surface area contributed by atoms with Gasteiger partial charge in [0.2, 0.25) is 0 Å². The molecule has 0 saturated heterocycles. The van der Waals surface area contributed by atoms with Crippen molar-refractivity contribution in [2.45, 2.75) is 46.2 Å². The first kappa shape index (κ1) is 29.1. The number of thiazole rings is 1. The normalized spacial score (nSPS) is 15.0. The minimum absolute atomic E-state index is 0.197. The van der Waals surface area contributed by atoms with Crippen LogP contribution >= 0.6 is 11.3 Å². The summed E-state index contributed by atoms with van der Waals surface area (Å²) in [6, 6.07) is 12.7. The van der Waals surface area contributed by atoms with Crippen molar-refractivity contribution in [1.82, 2.24) is 9.13 Å². The highest BCUT2D eigenvalue weighted by Gasteiger charge is 2.36. The summed E-state index contributed by atoms with van der Waals surface area (Å²) in [5.74, 6) is 0.603. The zero-order valence-corrected chi connectivity index (χ0v) is 25.4. The number of nitrogens with zero attached hydrogens (tertiary/aromatic N) is 3. The number of allylic oxidation sites excluding steroid dienone is 2. The summed E-state index contributed by atoms with van der Waals surface area (Å²) < 4.78 is 21.1. The van der Waals surface area contributed by atoms with Gasteiger partial charge in [-0.1, -0.05) is 49.0 Å². The highest BCUT2D eigenvalue weighted by Crippen LogP contribution is 2.39. The van der Waals surface area contributed by atoms with Crippen LogP contribution in [-0.4, -0.2) is 35.9 Å². The molecule has 0 N–H and O–H groups in total. The molecule has 9 heteroatoms. The predicted octanol–water partition coefficient (Wildman–Crippen LogP) is 5.04. The lowest BCUT2D eigenvalue weighted by molar-refractivity contribution is -0.139. The average molecular weight is 586 g/mol. The SMILES string of the molecule is C=CCn1c(C)c(/C=c2\sc3n(c2=O)[C@H](c2cc(OC)ccc2OC)C(C(=O)OCC)=C(CCC)N=3)c2ccccc21. The Morgan fingerprint density at radius 3 is 2.62 bits per heavy atom. The predicted molar refractivity (Wildman–Crippen MR) is 166 cm³/mol. The van der Waals surface area contributed by atoms with Crippen molar-refractivity contribution in [3.63, 3.8) is 0 Å². The van der Waals surface area contributed by atoms with Crippen LogP contribution in [0.1, 0.15) is 49.6 Å². The van der Waals surface area contributed by atoms with E-state index in [1.807, 2.05) is 37.3 Å². The third kappa shape index (κ3) is 4.98. The van der Waals surface area contributed by atoms with Gasteiger partial charge in [0.15, 0.2) is 4.80 Å². The van der Waals surface area contributed by atoms with Gasteiger partial charge in [0.1, 0.15) is 17.5 Å². The zero-order chi connectivity index (χ0) is 30.0. The van der Waals surface area contributed by atoms with E-state index >= 15 is 0 Å². The number of aromatic nitrogens is 2. The molecule has 218 valence electrons. The number of ether oxygens (including phenoxy) is 3. The Labute approximate surface area is 248 Å². The van der Waals surface area contributed by atoms with Gasteiger partial charge >= 0.3 is 5.97 Å². The first-order valence-electron chi connectivity index (χ1n) is 14.0. The molecule has 42 heavy (non-hydrogen) atoms. The fourth-order valence-corrected chi connectivity index (χ4v) is 6.61. The number of hydrogen-bond acceptors (Lipinski definition) is 7. The smallest absolute Gasteiger partial charge is 0.338 e. The molecule has 0 radical (unpaired) electrons. The van der Waals surface area contributed by atoms with E-state index in [-0.39, 0.29) is 12.2 Å². The van der Waals surface area contributed by atoms with Crippen molar-refractivity contribution in [2.75, 3.05) is 20.8 Å². The fraction of sp³-hybridized carbons (Fsp3) is 0.303. The molecule has 0 unspecified atom stereocenters. The van der Waals surface area contributed by atoms with Crippen LogP contribution in [0.15, 0.2) is 76.2 Å². The number of esters is 1. The number of fused-ring (bicyclic) bond motifs is 2. The Hall–Kier alpha value is -4.37. The molecule has 0 saturated carbocycles. The molecule has 0 fully saturated rings. The molecule has 0 bridgehead atoms. The van der Waals surface area contributed by atoms with Crippen molar-refractivity contribution in [3.8, 4) is 11.5 Å². The molecule has 1 aliphatic rings. The van der Waals surface area contributed by atoms with Crippen molar-refractivity contribution < 1.29 is 19.0 Å². The third-order valence-corrected chi connectivity index (χ3v) is 8.47. The number of benzene rings is 2. The lowest BCUT2D eigenvalue weighted by Crippen LogP contribution is -2.40. The van der Waals surface area contributed by atoms with Crippen molar-refractivity contribution >= 4 is 34.3 Å². The maximum absolute atomic E-state index is 14.3. The van der Waals surface area contributed by atoms with Crippen LogP contribution in [0, 0.1) is 6.92 Å². The molecule has 3 heterocycles. The van der Waals surface area contributed by atoms with Gasteiger partial charge in [-0.25, -0.2) is 9.79 Å². The number of carbonyl (C=O) groups excluding carboxylic acids is 1. The third-order valence-electron chi connectivity index (χ3n) is 7.49. The van der Waals surface area contributed by atoms with E-state index in [2.05, 4.69) is 30.2 Å². The second-order valence-corrected chi connectivity index (χ2v) is 10.9. The Kier molecular flexibility index (Phi) is 8.49. The van der Waals surface area contributed by atoms with Crippen LogP contribution < -0.4 is 24.4 Å². The topological polar surface area (TPSA) is 84.0 Å². The van der Waals surface area contributed by atoms with E-state index in [9.17, 15) is 9.59 Å². The Morgan fingerprint density at radius 1 is 1.14 bits per heavy atom. The zero-order valence-electron chi connectivity index (χ0n) is 24.6. The van der Waals surface area contributed by atoms with Crippen LogP contribution in [0.4, 0.5) is 0 Å². The van der Waals surface area contributed by atoms with E-state index in [0.29, 0.717) is 50.6 Å². The molecule has 0 amide bonds. The number of carbonyl (C=O) groups is 1. The molecule has 2 aromatic heterocycles. The molecule has 2 aromatic carbocycles. The molecule has 5 rings (SSSR count). The van der Waals surface area contributed by atoms with Crippen molar-refractivity contribution in [3.05, 3.63) is 103 Å². The summed E-state index contributed by atoms with van der Waals surface area (Å²) in [5.41, 5.74) is 4.39. The Balaban J connectivity index is 1.84. The summed E-state index contributed by atoms with van der Waals surface area (Å²) in [5, 5.41) is 1.05. The van der Waals surface area contributed by atoms with Crippen LogP contribution in [0.25, 0.3) is 17.0 Å². The molecule has 0 aliphatic carbocycles. The minimum Gasteiger partial charge on any atom is -0.497 e. The van der Waals surface area contributed by atoms with E-state index < -0.39 is 12.0 Å². The van der Waals surface area contributed by atoms with E-state index in [4.69, 9.17) is 19.2 Å². The lowest BCUT2D eigenvalue weighted by atomic mass is 9.93. The summed E-state index contributed by atoms with van der Waals surface area (Å²) in [6.45, 7) is 10.6. The van der Waals surface area contributed by atoms with Crippen LogP contribution in [-0.2, 0) is 16.1 Å². The summed E-state index contributed by atoms with van der Waals surface area (Å²) in [6.07, 6.45) is 5.12. The number of hydrogen-bond donors (Lipinski definition) is 0. The molecular weight excluding hydrogens is 550 g/mol. The number of methoxy groups -OCH3 is 2. The second-order valence-electron chi connectivity index (χ2n) is 9.94. The van der Waals surface area contributed by atoms with Crippen LogP contribution in [0.5, 0.6) is 11.5 Å². The largest absolute Gasteiger partial charge is 0.497 e. The highest BCUT2D eigenvalue weighted by atomic mass is 32.1. The standard InChI is InChI=1S/C33H35N3O5S/c1-7-12-25-29(32(38)41-9-3)30(24-18-21(39-5)15-16-27(24)40-6)36-31(37)28(42-33(36)34-25)19-23-20(4)35(17-8-2)26-14-11-10-13-22(23)26/h8,10-11,13-16,18-19,30H,2,7,9,12,17H2,1,3-6H3/b28-19-/t30-/m1/s1. The van der Waals surface area contributed by atoms with Gasteiger partial charge in [0, 0.05) is 34.3 Å². The minimum atomic E-state index is -0.808. The molecule has 1 aliphatic heterocycles. The molecule has 4 aromatic rings. The molecule has 1 atom stereocenters. The highest BCUT2D eigenvalue weighted by molar-refractivity contribution is 7.07. The quantitative estimate of drug-likeness (QED) is 0.192. The van der Waals surface area contributed by atoms with Gasteiger partial charge in [-0.3, -0.25) is 9.36 Å². The molecule has 8 nitrogen and oxygen atoms in total. The van der Waals surface area contributed by atoms with Gasteiger partial charge in [0.05, 0.1) is 36.6 Å². The van der Waals surface area contributed by atoms with Crippen molar-refractivity contribution in [1.29, 1.82) is 0 Å². The summed E-state index contributed by atoms with van der Waals surface area (Å²) in [4.78, 5) is 33.3. The second kappa shape index (κ2) is 12.2. The Morgan fingerprint density at radius 2 is 1.93 bits per heavy atom. The first-order valence-corrected chi connectivity index (χ1v) is 14.8. The summed E-state index contributed by atoms with van der Waals surface area (Å²) in [7, 11) is 3.14. The Bertz CT molecular complexity index is 1890. The van der Waals surface area contributed by atoms with Crippen molar-refractivity contribution in [2.24, 2.45) is 4.99 Å². The number of para-hydroxylation sites is 1. The van der Waals surface area contributed by atoms with E-state index in [1.54, 1.807) is 37.8 Å².